The SMILES string of the molecule is CC[C@]1(c2ccc(F)cc2)NC(=O)N(CC(=O)NC2CC2)C1=O. The van der Waals surface area contributed by atoms with Crippen LogP contribution in [0, 0.1) is 5.82 Å². The van der Waals surface area contributed by atoms with Gasteiger partial charge in [-0.15, -0.1) is 0 Å². The Kier molecular flexibility index (Phi) is 3.79. The van der Waals surface area contributed by atoms with Gasteiger partial charge in [0.15, 0.2) is 0 Å². The number of nitrogens with zero attached hydrogens (tertiary/aromatic N) is 1. The molecule has 1 atom stereocenters. The van der Waals surface area contributed by atoms with E-state index in [-0.39, 0.29) is 18.5 Å². The van der Waals surface area contributed by atoms with Gasteiger partial charge in [-0.2, -0.15) is 0 Å². The molecule has 1 aromatic carbocycles. The van der Waals surface area contributed by atoms with Crippen molar-refractivity contribution in [3.05, 3.63) is 35.6 Å². The van der Waals surface area contributed by atoms with Crippen LogP contribution in [0.1, 0.15) is 31.7 Å². The van der Waals surface area contributed by atoms with Crippen LogP contribution in [0.3, 0.4) is 0 Å². The summed E-state index contributed by atoms with van der Waals surface area (Å²) in [5, 5.41) is 5.41. The van der Waals surface area contributed by atoms with E-state index < -0.39 is 23.3 Å². The van der Waals surface area contributed by atoms with E-state index in [0.29, 0.717) is 12.0 Å². The van der Waals surface area contributed by atoms with Gasteiger partial charge in [0.2, 0.25) is 5.91 Å². The third-order valence-corrected chi connectivity index (χ3v) is 4.29. The van der Waals surface area contributed by atoms with Gasteiger partial charge in [-0.1, -0.05) is 19.1 Å². The van der Waals surface area contributed by atoms with Gasteiger partial charge in [-0.25, -0.2) is 9.18 Å². The third kappa shape index (κ3) is 2.78. The number of rotatable bonds is 5. The van der Waals surface area contributed by atoms with Crippen molar-refractivity contribution in [3.8, 4) is 0 Å². The van der Waals surface area contributed by atoms with Crippen LogP contribution in [-0.4, -0.2) is 35.3 Å². The van der Waals surface area contributed by atoms with E-state index >= 15 is 0 Å². The molecule has 0 spiro atoms. The van der Waals surface area contributed by atoms with Crippen molar-refractivity contribution in [1.82, 2.24) is 15.5 Å². The molecule has 0 unspecified atom stereocenters. The van der Waals surface area contributed by atoms with Crippen molar-refractivity contribution in [2.24, 2.45) is 0 Å². The normalized spacial score (nSPS) is 23.8. The number of hydrogen-bond acceptors (Lipinski definition) is 3. The highest BCUT2D eigenvalue weighted by molar-refractivity contribution is 6.09. The molecular weight excluding hydrogens is 301 g/mol. The zero-order chi connectivity index (χ0) is 16.6. The van der Waals surface area contributed by atoms with Gasteiger partial charge in [0.05, 0.1) is 0 Å². The van der Waals surface area contributed by atoms with Crippen molar-refractivity contribution in [1.29, 1.82) is 0 Å². The average molecular weight is 319 g/mol. The maximum absolute atomic E-state index is 13.1. The zero-order valence-electron chi connectivity index (χ0n) is 12.8. The molecule has 7 heteroatoms. The molecule has 3 rings (SSSR count). The molecule has 2 fully saturated rings. The summed E-state index contributed by atoms with van der Waals surface area (Å²) in [6.45, 7) is 1.46. The molecule has 2 N–H and O–H groups in total. The first-order valence-corrected chi connectivity index (χ1v) is 7.66. The lowest BCUT2D eigenvalue weighted by Crippen LogP contribution is -2.45. The molecule has 122 valence electrons. The molecule has 6 nitrogen and oxygen atoms in total. The van der Waals surface area contributed by atoms with Crippen LogP contribution in [0.15, 0.2) is 24.3 Å². The highest BCUT2D eigenvalue weighted by Crippen LogP contribution is 2.32. The number of urea groups is 1. The summed E-state index contributed by atoms with van der Waals surface area (Å²) in [7, 11) is 0. The minimum atomic E-state index is -1.25. The summed E-state index contributed by atoms with van der Waals surface area (Å²) in [5.41, 5.74) is -0.741. The first-order chi connectivity index (χ1) is 11.0. The Bertz CT molecular complexity index is 657. The predicted molar refractivity (Wildman–Crippen MR) is 79.8 cm³/mol. The number of imide groups is 1. The van der Waals surface area contributed by atoms with Gasteiger partial charge in [0, 0.05) is 6.04 Å². The summed E-state index contributed by atoms with van der Waals surface area (Å²) in [6.07, 6.45) is 2.17. The maximum atomic E-state index is 13.1. The van der Waals surface area contributed by atoms with Gasteiger partial charge in [-0.05, 0) is 37.0 Å². The van der Waals surface area contributed by atoms with E-state index in [1.807, 2.05) is 0 Å². The Morgan fingerprint density at radius 1 is 1.35 bits per heavy atom. The minimum absolute atomic E-state index is 0.163. The molecule has 1 heterocycles. The van der Waals surface area contributed by atoms with Crippen LogP contribution in [-0.2, 0) is 15.1 Å². The number of halogens is 1. The molecule has 1 aliphatic heterocycles. The second-order valence-electron chi connectivity index (χ2n) is 5.93. The quantitative estimate of drug-likeness (QED) is 0.802. The van der Waals surface area contributed by atoms with Gasteiger partial charge >= 0.3 is 6.03 Å². The van der Waals surface area contributed by atoms with Crippen LogP contribution >= 0.6 is 0 Å². The Labute approximate surface area is 133 Å². The molecular formula is C16H18FN3O3. The monoisotopic (exact) mass is 319 g/mol. The molecule has 23 heavy (non-hydrogen) atoms. The molecule has 1 saturated heterocycles. The lowest BCUT2D eigenvalue weighted by molar-refractivity contribution is -0.135. The summed E-state index contributed by atoms with van der Waals surface area (Å²) < 4.78 is 13.1. The van der Waals surface area contributed by atoms with Gasteiger partial charge in [-0.3, -0.25) is 14.5 Å². The van der Waals surface area contributed by atoms with E-state index in [0.717, 1.165) is 17.7 Å². The highest BCUT2D eigenvalue weighted by atomic mass is 19.1. The van der Waals surface area contributed by atoms with Crippen LogP contribution in [0.2, 0.25) is 0 Å². The molecule has 0 bridgehead atoms. The molecule has 0 aromatic heterocycles. The molecule has 0 radical (unpaired) electrons. The fraction of sp³-hybridized carbons (Fsp3) is 0.438. The van der Waals surface area contributed by atoms with Gasteiger partial charge in [0.1, 0.15) is 17.9 Å². The molecule has 1 aromatic rings. The Balaban J connectivity index is 1.82. The Morgan fingerprint density at radius 3 is 2.57 bits per heavy atom. The number of benzene rings is 1. The summed E-state index contributed by atoms with van der Waals surface area (Å²) in [4.78, 5) is 37.7. The largest absolute Gasteiger partial charge is 0.352 e. The van der Waals surface area contributed by atoms with Crippen molar-refractivity contribution < 1.29 is 18.8 Å². The smallest absolute Gasteiger partial charge is 0.325 e. The van der Waals surface area contributed by atoms with Crippen LogP contribution in [0.5, 0.6) is 0 Å². The van der Waals surface area contributed by atoms with E-state index in [9.17, 15) is 18.8 Å². The summed E-state index contributed by atoms with van der Waals surface area (Å²) in [6, 6.07) is 5.00. The second-order valence-corrected chi connectivity index (χ2v) is 5.93. The topological polar surface area (TPSA) is 78.5 Å². The molecule has 1 saturated carbocycles. The van der Waals surface area contributed by atoms with Crippen molar-refractivity contribution in [2.75, 3.05) is 6.54 Å². The van der Waals surface area contributed by atoms with Gasteiger partial charge in [0.25, 0.3) is 5.91 Å². The molecule has 4 amide bonds. The fourth-order valence-electron chi connectivity index (χ4n) is 2.79. The number of nitrogens with one attached hydrogen (secondary N) is 2. The number of carbonyl (C=O) groups excluding carboxylic acids is 3. The van der Waals surface area contributed by atoms with Crippen LogP contribution in [0.25, 0.3) is 0 Å². The van der Waals surface area contributed by atoms with Crippen LogP contribution < -0.4 is 10.6 Å². The summed E-state index contributed by atoms with van der Waals surface area (Å²) >= 11 is 0. The van der Waals surface area contributed by atoms with Crippen molar-refractivity contribution in [3.63, 3.8) is 0 Å². The number of amides is 4. The Morgan fingerprint density at radius 2 is 2.00 bits per heavy atom. The Hall–Kier alpha value is -2.44. The predicted octanol–water partition coefficient (Wildman–Crippen LogP) is 1.26. The fourth-order valence-corrected chi connectivity index (χ4v) is 2.79. The average Bonchev–Trinajstić information content (AvgIpc) is 3.30. The minimum Gasteiger partial charge on any atom is -0.352 e. The number of hydrogen-bond donors (Lipinski definition) is 2. The standard InChI is InChI=1S/C16H18FN3O3/c1-2-16(10-3-5-11(17)6-4-10)14(22)20(15(23)19-16)9-13(21)18-12-7-8-12/h3-6,12H,2,7-9H2,1H3,(H,18,21)(H,19,23)/t16-/m1/s1. The third-order valence-electron chi connectivity index (χ3n) is 4.29. The summed E-state index contributed by atoms with van der Waals surface area (Å²) in [5.74, 6) is -1.25. The first kappa shape index (κ1) is 15.5. The van der Waals surface area contributed by atoms with E-state index in [1.54, 1.807) is 6.92 Å². The number of carbonyl (C=O) groups is 3. The first-order valence-electron chi connectivity index (χ1n) is 7.66. The van der Waals surface area contributed by atoms with E-state index in [4.69, 9.17) is 0 Å². The zero-order valence-corrected chi connectivity index (χ0v) is 12.8. The lowest BCUT2D eigenvalue weighted by atomic mass is 9.87. The highest BCUT2D eigenvalue weighted by Gasteiger charge is 2.51. The maximum Gasteiger partial charge on any atom is 0.325 e. The molecule has 2 aliphatic rings. The van der Waals surface area contributed by atoms with E-state index in [2.05, 4.69) is 10.6 Å². The van der Waals surface area contributed by atoms with Crippen LogP contribution in [0.4, 0.5) is 9.18 Å². The van der Waals surface area contributed by atoms with Crippen molar-refractivity contribution in [2.45, 2.75) is 37.8 Å². The van der Waals surface area contributed by atoms with Gasteiger partial charge < -0.3 is 10.6 Å². The lowest BCUT2D eigenvalue weighted by Gasteiger charge is -2.25. The van der Waals surface area contributed by atoms with E-state index in [1.165, 1.54) is 24.3 Å². The second kappa shape index (κ2) is 5.64. The van der Waals surface area contributed by atoms with Crippen molar-refractivity contribution >= 4 is 17.8 Å². The molecule has 1 aliphatic carbocycles.